The van der Waals surface area contributed by atoms with Crippen molar-refractivity contribution in [2.45, 2.75) is 6.04 Å². The van der Waals surface area contributed by atoms with Crippen LogP contribution in [0.2, 0.25) is 5.02 Å². The van der Waals surface area contributed by atoms with Gasteiger partial charge >= 0.3 is 0 Å². The summed E-state index contributed by atoms with van der Waals surface area (Å²) in [5.41, 5.74) is 10.9. The van der Waals surface area contributed by atoms with Gasteiger partial charge in [-0.25, -0.2) is 14.5 Å². The summed E-state index contributed by atoms with van der Waals surface area (Å²) in [7, 11) is 1.84. The van der Waals surface area contributed by atoms with Crippen LogP contribution in [0.25, 0.3) is 28.0 Å². The number of nitrogens with two attached hydrogens (primary N) is 1. The van der Waals surface area contributed by atoms with E-state index in [1.54, 1.807) is 50.9 Å². The van der Waals surface area contributed by atoms with E-state index in [-0.39, 0.29) is 5.91 Å². The first kappa shape index (κ1) is 25.5. The summed E-state index contributed by atoms with van der Waals surface area (Å²) in [6.45, 7) is 2.32. The number of nitriles is 1. The number of aromatic nitrogens is 6. The smallest absolute Gasteiger partial charge is 0.244 e. The third-order valence-corrected chi connectivity index (χ3v) is 7.26. The molecule has 1 saturated heterocycles. The van der Waals surface area contributed by atoms with Crippen molar-refractivity contribution in [3.8, 4) is 28.6 Å². The van der Waals surface area contributed by atoms with Crippen LogP contribution in [0, 0.1) is 11.3 Å². The number of carbonyl (C=O) groups excluding carboxylic acids is 1. The monoisotopic (exact) mass is 552 g/mol. The highest BCUT2D eigenvalue weighted by Gasteiger charge is 2.27. The number of halogens is 1. The maximum atomic E-state index is 13.0. The molecule has 40 heavy (non-hydrogen) atoms. The fraction of sp³-hybridized carbons (Fsp3) is 0.214. The predicted molar refractivity (Wildman–Crippen MR) is 150 cm³/mol. The lowest BCUT2D eigenvalue weighted by Gasteiger charge is -2.36. The Morgan fingerprint density at radius 1 is 1.05 bits per heavy atom. The van der Waals surface area contributed by atoms with Gasteiger partial charge < -0.3 is 15.5 Å². The number of hydrogen-bond donors (Lipinski definition) is 1. The minimum absolute atomic E-state index is 0.122. The molecule has 1 amide bonds. The number of nitrogens with zero attached hydrogens (tertiary/aromatic N) is 9. The van der Waals surface area contributed by atoms with Gasteiger partial charge in [0, 0.05) is 61.8 Å². The van der Waals surface area contributed by atoms with Crippen LogP contribution in [0.5, 0.6) is 0 Å². The van der Waals surface area contributed by atoms with Crippen molar-refractivity contribution in [1.82, 2.24) is 34.3 Å². The average Bonchev–Trinajstić information content (AvgIpc) is 3.62. The van der Waals surface area contributed by atoms with E-state index < -0.39 is 6.04 Å². The molecule has 0 radical (unpaired) electrons. The van der Waals surface area contributed by atoms with Crippen molar-refractivity contribution in [1.29, 1.82) is 5.26 Å². The van der Waals surface area contributed by atoms with Crippen LogP contribution in [0.4, 0.5) is 5.82 Å². The number of carbonyl (C=O) groups is 1. The molecule has 4 aromatic heterocycles. The van der Waals surface area contributed by atoms with Gasteiger partial charge in [-0.3, -0.25) is 9.48 Å². The van der Waals surface area contributed by atoms with E-state index in [0.29, 0.717) is 59.2 Å². The normalized spacial score (nSPS) is 14.3. The van der Waals surface area contributed by atoms with Gasteiger partial charge in [-0.1, -0.05) is 23.7 Å². The topological polar surface area (TPSA) is 134 Å². The first-order valence-corrected chi connectivity index (χ1v) is 13.1. The van der Waals surface area contributed by atoms with Crippen molar-refractivity contribution in [3.63, 3.8) is 0 Å². The van der Waals surface area contributed by atoms with Crippen molar-refractivity contribution in [2.24, 2.45) is 12.8 Å². The van der Waals surface area contributed by atoms with Crippen LogP contribution in [0.1, 0.15) is 17.2 Å². The molecule has 200 valence electrons. The number of aryl methyl sites for hydroxylation is 1. The minimum atomic E-state index is -0.753. The SMILES string of the molecule is Cn1cc(-c2cn3ncc(C#N)c3c(-c3ccc(N4CCN(C(=O)C(N)c5cccc(Cl)c5)CC4)nc3)n2)cn1. The van der Waals surface area contributed by atoms with E-state index in [9.17, 15) is 10.1 Å². The third-order valence-electron chi connectivity index (χ3n) is 7.03. The second-order valence-electron chi connectivity index (χ2n) is 9.59. The summed E-state index contributed by atoms with van der Waals surface area (Å²) in [5, 5.41) is 18.8. The highest BCUT2D eigenvalue weighted by Crippen LogP contribution is 2.29. The van der Waals surface area contributed by atoms with E-state index in [0.717, 1.165) is 16.9 Å². The lowest BCUT2D eigenvalue weighted by molar-refractivity contribution is -0.133. The maximum Gasteiger partial charge on any atom is 0.244 e. The van der Waals surface area contributed by atoms with Crippen LogP contribution in [-0.4, -0.2) is 66.3 Å². The molecule has 5 heterocycles. The first-order chi connectivity index (χ1) is 19.4. The van der Waals surface area contributed by atoms with E-state index in [2.05, 4.69) is 21.2 Å². The summed E-state index contributed by atoms with van der Waals surface area (Å²) >= 11 is 6.07. The molecular formula is C28H25ClN10O. The molecule has 12 heteroatoms. The van der Waals surface area contributed by atoms with Crippen molar-refractivity contribution in [3.05, 3.63) is 83.5 Å². The summed E-state index contributed by atoms with van der Waals surface area (Å²) < 4.78 is 3.38. The predicted octanol–water partition coefficient (Wildman–Crippen LogP) is 3.07. The van der Waals surface area contributed by atoms with Crippen LogP contribution in [0.3, 0.4) is 0 Å². The molecule has 0 bridgehead atoms. The van der Waals surface area contributed by atoms with E-state index >= 15 is 0 Å². The average molecular weight is 553 g/mol. The quantitative estimate of drug-likeness (QED) is 0.351. The second kappa shape index (κ2) is 10.4. The number of rotatable bonds is 5. The van der Waals surface area contributed by atoms with Crippen LogP contribution >= 0.6 is 11.6 Å². The van der Waals surface area contributed by atoms with Gasteiger partial charge in [-0.15, -0.1) is 0 Å². The van der Waals surface area contributed by atoms with Crippen LogP contribution in [-0.2, 0) is 11.8 Å². The number of fused-ring (bicyclic) bond motifs is 1. The molecule has 0 spiro atoms. The van der Waals surface area contributed by atoms with Gasteiger partial charge in [0.1, 0.15) is 29.0 Å². The first-order valence-electron chi connectivity index (χ1n) is 12.7. The van der Waals surface area contributed by atoms with Gasteiger partial charge in [0.2, 0.25) is 5.91 Å². The lowest BCUT2D eigenvalue weighted by atomic mass is 10.1. The third kappa shape index (κ3) is 4.75. The zero-order chi connectivity index (χ0) is 27.8. The summed E-state index contributed by atoms with van der Waals surface area (Å²) in [4.78, 5) is 26.5. The molecule has 1 aliphatic heterocycles. The molecule has 1 aliphatic rings. The minimum Gasteiger partial charge on any atom is -0.353 e. The fourth-order valence-electron chi connectivity index (χ4n) is 4.90. The Bertz CT molecular complexity index is 1750. The summed E-state index contributed by atoms with van der Waals surface area (Å²) in [6.07, 6.45) is 8.69. The highest BCUT2D eigenvalue weighted by molar-refractivity contribution is 6.30. The Kier molecular flexibility index (Phi) is 6.63. The molecule has 0 aliphatic carbocycles. The molecule has 0 saturated carbocycles. The molecule has 6 rings (SSSR count). The Labute approximate surface area is 235 Å². The van der Waals surface area contributed by atoms with Crippen molar-refractivity contribution < 1.29 is 4.79 Å². The Morgan fingerprint density at radius 3 is 2.55 bits per heavy atom. The zero-order valence-corrected chi connectivity index (χ0v) is 22.4. The molecule has 1 unspecified atom stereocenters. The van der Waals surface area contributed by atoms with Crippen LogP contribution < -0.4 is 10.6 Å². The molecule has 11 nitrogen and oxygen atoms in total. The number of amides is 1. The second-order valence-corrected chi connectivity index (χ2v) is 10.0. The summed E-state index contributed by atoms with van der Waals surface area (Å²) in [5.74, 6) is 0.673. The van der Waals surface area contributed by atoms with E-state index in [1.807, 2.05) is 31.4 Å². The van der Waals surface area contributed by atoms with E-state index in [4.69, 9.17) is 27.3 Å². The number of benzene rings is 1. The molecule has 1 atom stereocenters. The lowest BCUT2D eigenvalue weighted by Crippen LogP contribution is -2.51. The molecule has 5 aromatic rings. The molecule has 2 N–H and O–H groups in total. The number of pyridine rings is 1. The Balaban J connectivity index is 1.21. The number of hydrogen-bond acceptors (Lipinski definition) is 8. The highest BCUT2D eigenvalue weighted by atomic mass is 35.5. The fourth-order valence-corrected chi connectivity index (χ4v) is 5.10. The molecule has 1 aromatic carbocycles. The van der Waals surface area contributed by atoms with Gasteiger partial charge in [0.05, 0.1) is 30.0 Å². The van der Waals surface area contributed by atoms with Crippen LogP contribution in [0.15, 0.2) is 67.4 Å². The van der Waals surface area contributed by atoms with Gasteiger partial charge in [-0.05, 0) is 29.8 Å². The van der Waals surface area contributed by atoms with Gasteiger partial charge in [-0.2, -0.15) is 15.5 Å². The Hall–Kier alpha value is -4.79. The molecular weight excluding hydrogens is 528 g/mol. The molecule has 1 fully saturated rings. The Morgan fingerprint density at radius 2 is 1.88 bits per heavy atom. The van der Waals surface area contributed by atoms with Gasteiger partial charge in [0.25, 0.3) is 0 Å². The maximum absolute atomic E-state index is 13.0. The largest absolute Gasteiger partial charge is 0.353 e. The number of piperazine rings is 1. The van der Waals surface area contributed by atoms with Gasteiger partial charge in [0.15, 0.2) is 0 Å². The van der Waals surface area contributed by atoms with E-state index in [1.165, 1.54) is 6.20 Å². The van der Waals surface area contributed by atoms with Crippen molar-refractivity contribution >= 4 is 28.8 Å². The zero-order valence-electron chi connectivity index (χ0n) is 21.6. The summed E-state index contributed by atoms with van der Waals surface area (Å²) in [6, 6.07) is 12.4. The number of anilines is 1. The standard InChI is InChI=1S/C28H25ClN10O/c1-36-16-21(15-33-36)23-17-39-27(20(12-30)14-34-39)26(35-23)19-5-6-24(32-13-19)37-7-9-38(10-8-37)28(40)25(31)18-3-2-4-22(29)11-18/h2-6,11,13-17,25H,7-10,31H2,1H3. The van der Waals surface area contributed by atoms with Crippen molar-refractivity contribution in [2.75, 3.05) is 31.1 Å².